The highest BCUT2D eigenvalue weighted by Gasteiger charge is 2.17. The van der Waals surface area contributed by atoms with E-state index in [2.05, 4.69) is 10.0 Å². The Morgan fingerprint density at radius 3 is 2.56 bits per heavy atom. The number of carbonyl (C=O) groups is 1. The van der Waals surface area contributed by atoms with Crippen molar-refractivity contribution >= 4 is 21.6 Å². The molecule has 0 aliphatic carbocycles. The molecule has 1 aromatic rings. The van der Waals surface area contributed by atoms with Crippen molar-refractivity contribution in [2.75, 3.05) is 11.6 Å². The normalized spacial score (nSPS) is 13.1. The van der Waals surface area contributed by atoms with Gasteiger partial charge in [0, 0.05) is 5.69 Å². The van der Waals surface area contributed by atoms with Gasteiger partial charge in [0.1, 0.15) is 5.82 Å². The molecule has 1 atom stereocenters. The summed E-state index contributed by atoms with van der Waals surface area (Å²) < 4.78 is 37.1. The minimum atomic E-state index is -3.46. The monoisotopic (exact) mass is 274 g/mol. The SMILES string of the molecule is Cc1ccc(F)cc1NC(=O)C(C)NS(C)(=O)=O. The summed E-state index contributed by atoms with van der Waals surface area (Å²) >= 11 is 0. The van der Waals surface area contributed by atoms with E-state index < -0.39 is 27.8 Å². The molecule has 2 N–H and O–H groups in total. The zero-order chi connectivity index (χ0) is 13.9. The number of nitrogens with one attached hydrogen (secondary N) is 2. The Morgan fingerprint density at radius 1 is 1.39 bits per heavy atom. The molecule has 100 valence electrons. The van der Waals surface area contributed by atoms with Crippen LogP contribution in [0.15, 0.2) is 18.2 Å². The fraction of sp³-hybridized carbons (Fsp3) is 0.364. The molecule has 7 heteroatoms. The predicted octanol–water partition coefficient (Wildman–Crippen LogP) is 1.01. The van der Waals surface area contributed by atoms with Gasteiger partial charge in [-0.25, -0.2) is 17.5 Å². The number of carbonyl (C=O) groups excluding carboxylic acids is 1. The summed E-state index contributed by atoms with van der Waals surface area (Å²) in [6.07, 6.45) is 0.963. The van der Waals surface area contributed by atoms with Crippen LogP contribution in [0.1, 0.15) is 12.5 Å². The van der Waals surface area contributed by atoms with Crippen LogP contribution in [0.3, 0.4) is 0 Å². The third kappa shape index (κ3) is 4.42. The van der Waals surface area contributed by atoms with Crippen LogP contribution in [0.4, 0.5) is 10.1 Å². The molecular formula is C11H15FN2O3S. The van der Waals surface area contributed by atoms with E-state index >= 15 is 0 Å². The van der Waals surface area contributed by atoms with Gasteiger partial charge in [-0.1, -0.05) is 6.07 Å². The average Bonchev–Trinajstić information content (AvgIpc) is 2.21. The molecule has 5 nitrogen and oxygen atoms in total. The lowest BCUT2D eigenvalue weighted by molar-refractivity contribution is -0.117. The van der Waals surface area contributed by atoms with Crippen LogP contribution in [0, 0.1) is 12.7 Å². The van der Waals surface area contributed by atoms with Gasteiger partial charge in [-0.05, 0) is 31.5 Å². The molecular weight excluding hydrogens is 259 g/mol. The second kappa shape index (κ2) is 5.45. The summed E-state index contributed by atoms with van der Waals surface area (Å²) in [5.74, 6) is -1.02. The minimum Gasteiger partial charge on any atom is -0.324 e. The highest BCUT2D eigenvalue weighted by atomic mass is 32.2. The van der Waals surface area contributed by atoms with E-state index in [4.69, 9.17) is 0 Å². The fourth-order valence-electron chi connectivity index (χ4n) is 1.34. The quantitative estimate of drug-likeness (QED) is 0.860. The number of sulfonamides is 1. The van der Waals surface area contributed by atoms with Crippen LogP contribution in [0.2, 0.25) is 0 Å². The van der Waals surface area contributed by atoms with Gasteiger partial charge in [0.2, 0.25) is 15.9 Å². The molecule has 0 aromatic heterocycles. The van der Waals surface area contributed by atoms with Gasteiger partial charge < -0.3 is 5.32 Å². The van der Waals surface area contributed by atoms with Crippen molar-refractivity contribution in [2.45, 2.75) is 19.9 Å². The molecule has 1 amide bonds. The molecule has 0 saturated carbocycles. The van der Waals surface area contributed by atoms with Crippen LogP contribution in [0.5, 0.6) is 0 Å². The third-order valence-corrected chi connectivity index (χ3v) is 3.02. The van der Waals surface area contributed by atoms with Gasteiger partial charge in [0.15, 0.2) is 0 Å². The maximum atomic E-state index is 13.0. The predicted molar refractivity (Wildman–Crippen MR) is 67.2 cm³/mol. The van der Waals surface area contributed by atoms with Gasteiger partial charge in [0.25, 0.3) is 0 Å². The molecule has 0 radical (unpaired) electrons. The molecule has 0 spiro atoms. The highest BCUT2D eigenvalue weighted by Crippen LogP contribution is 2.16. The number of benzene rings is 1. The molecule has 0 aliphatic rings. The molecule has 0 fully saturated rings. The zero-order valence-electron chi connectivity index (χ0n) is 10.3. The molecule has 1 unspecified atom stereocenters. The van der Waals surface area contributed by atoms with E-state index in [1.807, 2.05) is 0 Å². The first kappa shape index (κ1) is 14.6. The van der Waals surface area contributed by atoms with Gasteiger partial charge in [-0.3, -0.25) is 4.79 Å². The fourth-order valence-corrected chi connectivity index (χ4v) is 2.09. The Balaban J connectivity index is 2.78. The van der Waals surface area contributed by atoms with Crippen molar-refractivity contribution in [3.05, 3.63) is 29.6 Å². The van der Waals surface area contributed by atoms with E-state index in [1.54, 1.807) is 6.92 Å². The first-order valence-corrected chi connectivity index (χ1v) is 7.12. The number of hydrogen-bond donors (Lipinski definition) is 2. The number of anilines is 1. The second-order valence-corrected chi connectivity index (χ2v) is 5.84. The summed E-state index contributed by atoms with van der Waals surface area (Å²) in [6, 6.07) is 3.06. The van der Waals surface area contributed by atoms with Crippen LogP contribution in [-0.4, -0.2) is 26.6 Å². The van der Waals surface area contributed by atoms with Gasteiger partial charge in [-0.2, -0.15) is 0 Å². The van der Waals surface area contributed by atoms with E-state index in [9.17, 15) is 17.6 Å². The zero-order valence-corrected chi connectivity index (χ0v) is 11.1. The lowest BCUT2D eigenvalue weighted by atomic mass is 10.2. The summed E-state index contributed by atoms with van der Waals surface area (Å²) in [6.45, 7) is 3.12. The number of halogens is 1. The van der Waals surface area contributed by atoms with Crippen molar-refractivity contribution in [1.29, 1.82) is 0 Å². The lowest BCUT2D eigenvalue weighted by Gasteiger charge is -2.14. The second-order valence-electron chi connectivity index (χ2n) is 4.06. The number of amides is 1. The Labute approximate surface area is 105 Å². The Hall–Kier alpha value is -1.47. The minimum absolute atomic E-state index is 0.321. The topological polar surface area (TPSA) is 75.3 Å². The van der Waals surface area contributed by atoms with Crippen LogP contribution in [-0.2, 0) is 14.8 Å². The standard InChI is InChI=1S/C11H15FN2O3S/c1-7-4-5-9(12)6-10(7)13-11(15)8(2)14-18(3,16)17/h4-6,8,14H,1-3H3,(H,13,15). The first-order valence-electron chi connectivity index (χ1n) is 5.23. The summed E-state index contributed by atoms with van der Waals surface area (Å²) in [5.41, 5.74) is 1.01. The van der Waals surface area contributed by atoms with E-state index in [0.717, 1.165) is 6.26 Å². The number of aryl methyl sites for hydroxylation is 1. The van der Waals surface area contributed by atoms with Crippen LogP contribution in [0.25, 0.3) is 0 Å². The van der Waals surface area contributed by atoms with Crippen molar-refractivity contribution < 1.29 is 17.6 Å². The molecule has 0 aliphatic heterocycles. The summed E-state index contributed by atoms with van der Waals surface area (Å²) in [7, 11) is -3.46. The van der Waals surface area contributed by atoms with E-state index in [0.29, 0.717) is 11.3 Å². The van der Waals surface area contributed by atoms with Crippen molar-refractivity contribution in [1.82, 2.24) is 4.72 Å². The molecule has 0 bridgehead atoms. The van der Waals surface area contributed by atoms with Crippen molar-refractivity contribution in [3.63, 3.8) is 0 Å². The van der Waals surface area contributed by atoms with E-state index in [-0.39, 0.29) is 0 Å². The highest BCUT2D eigenvalue weighted by molar-refractivity contribution is 7.88. The Kier molecular flexibility index (Phi) is 4.42. The number of rotatable bonds is 4. The molecule has 1 aromatic carbocycles. The Bertz CT molecular complexity index is 557. The number of hydrogen-bond acceptors (Lipinski definition) is 3. The largest absolute Gasteiger partial charge is 0.324 e. The third-order valence-electron chi connectivity index (χ3n) is 2.24. The Morgan fingerprint density at radius 2 is 2.00 bits per heavy atom. The maximum Gasteiger partial charge on any atom is 0.242 e. The van der Waals surface area contributed by atoms with Gasteiger partial charge in [0.05, 0.1) is 12.3 Å². The van der Waals surface area contributed by atoms with E-state index in [1.165, 1.54) is 25.1 Å². The molecule has 0 saturated heterocycles. The van der Waals surface area contributed by atoms with Crippen molar-refractivity contribution in [2.24, 2.45) is 0 Å². The first-order chi connectivity index (χ1) is 8.19. The summed E-state index contributed by atoms with van der Waals surface area (Å²) in [4.78, 5) is 11.7. The molecule has 1 rings (SSSR count). The maximum absolute atomic E-state index is 13.0. The van der Waals surface area contributed by atoms with Crippen LogP contribution >= 0.6 is 0 Å². The summed E-state index contributed by atoms with van der Waals surface area (Å²) in [5, 5.41) is 2.47. The smallest absolute Gasteiger partial charge is 0.242 e. The van der Waals surface area contributed by atoms with Crippen LogP contribution < -0.4 is 10.0 Å². The lowest BCUT2D eigenvalue weighted by Crippen LogP contribution is -2.41. The van der Waals surface area contributed by atoms with Gasteiger partial charge >= 0.3 is 0 Å². The van der Waals surface area contributed by atoms with Gasteiger partial charge in [-0.15, -0.1) is 0 Å². The average molecular weight is 274 g/mol. The van der Waals surface area contributed by atoms with Crippen molar-refractivity contribution in [3.8, 4) is 0 Å². The molecule has 18 heavy (non-hydrogen) atoms. The molecule has 0 heterocycles.